The molecule has 0 aromatic heterocycles. The maximum Gasteiger partial charge on any atom is 0.343 e. The molecule has 40 heavy (non-hydrogen) atoms. The summed E-state index contributed by atoms with van der Waals surface area (Å²) in [6, 6.07) is 17.4. The summed E-state index contributed by atoms with van der Waals surface area (Å²) in [5.41, 5.74) is 3.38. The molecule has 3 aromatic rings. The van der Waals surface area contributed by atoms with Crippen molar-refractivity contribution in [3.05, 3.63) is 101 Å². The van der Waals surface area contributed by atoms with E-state index in [2.05, 4.69) is 13.5 Å². The highest BCUT2D eigenvalue weighted by Crippen LogP contribution is 2.24. The molecule has 7 nitrogen and oxygen atoms in total. The van der Waals surface area contributed by atoms with Gasteiger partial charge in [-0.15, -0.1) is 0 Å². The number of esters is 3. The van der Waals surface area contributed by atoms with Crippen molar-refractivity contribution in [3.63, 3.8) is 0 Å². The van der Waals surface area contributed by atoms with Crippen LogP contribution in [0.15, 0.2) is 73.3 Å². The van der Waals surface area contributed by atoms with Crippen LogP contribution in [0.2, 0.25) is 0 Å². The van der Waals surface area contributed by atoms with Gasteiger partial charge in [0.15, 0.2) is 0 Å². The van der Waals surface area contributed by atoms with Gasteiger partial charge in [0.1, 0.15) is 17.2 Å². The molecular formula is C33H36O7. The quantitative estimate of drug-likeness (QED) is 0.0937. The Labute approximate surface area is 235 Å². The second-order valence-corrected chi connectivity index (χ2v) is 9.41. The zero-order valence-electron chi connectivity index (χ0n) is 23.4. The first-order chi connectivity index (χ1) is 19.3. The summed E-state index contributed by atoms with van der Waals surface area (Å²) in [7, 11) is 0. The smallest absolute Gasteiger partial charge is 0.343 e. The number of rotatable bonds is 14. The van der Waals surface area contributed by atoms with Gasteiger partial charge in [-0.1, -0.05) is 32.1 Å². The van der Waals surface area contributed by atoms with Crippen molar-refractivity contribution in [2.24, 2.45) is 0 Å². The lowest BCUT2D eigenvalue weighted by Gasteiger charge is -2.12. The van der Waals surface area contributed by atoms with E-state index in [1.165, 1.54) is 5.56 Å². The maximum absolute atomic E-state index is 12.8. The Balaban J connectivity index is 1.52. The molecule has 0 amide bonds. The zero-order valence-corrected chi connectivity index (χ0v) is 23.4. The third-order valence-electron chi connectivity index (χ3n) is 6.18. The first kappa shape index (κ1) is 30.2. The highest BCUT2D eigenvalue weighted by atomic mass is 16.5. The van der Waals surface area contributed by atoms with Crippen LogP contribution < -0.4 is 14.2 Å². The lowest BCUT2D eigenvalue weighted by molar-refractivity contribution is -0.137. The molecule has 0 atom stereocenters. The van der Waals surface area contributed by atoms with Gasteiger partial charge >= 0.3 is 17.9 Å². The number of carbonyl (C=O) groups excluding carboxylic acids is 3. The SMILES string of the molecule is C=CC(=O)OCCCCOc1ccc(C(=O)Oc2ccc(C(=O)Oc3ccc(CCCC)cc3)cc2C)cc1C. The molecule has 0 aliphatic rings. The Hall–Kier alpha value is -4.39. The lowest BCUT2D eigenvalue weighted by atomic mass is 10.1. The summed E-state index contributed by atoms with van der Waals surface area (Å²) in [4.78, 5) is 36.5. The van der Waals surface area contributed by atoms with Crippen molar-refractivity contribution < 1.29 is 33.3 Å². The Bertz CT molecular complexity index is 1330. The molecule has 0 saturated carbocycles. The third kappa shape index (κ3) is 9.12. The minimum Gasteiger partial charge on any atom is -0.493 e. The molecule has 7 heteroatoms. The second-order valence-electron chi connectivity index (χ2n) is 9.41. The summed E-state index contributed by atoms with van der Waals surface area (Å²) < 4.78 is 21.8. The number of hydrogen-bond donors (Lipinski definition) is 0. The summed E-state index contributed by atoms with van der Waals surface area (Å²) in [5, 5.41) is 0. The van der Waals surface area contributed by atoms with E-state index in [-0.39, 0.29) is 0 Å². The largest absolute Gasteiger partial charge is 0.493 e. The molecule has 0 unspecified atom stereocenters. The van der Waals surface area contributed by atoms with Crippen molar-refractivity contribution in [1.29, 1.82) is 0 Å². The Morgan fingerprint density at radius 3 is 1.95 bits per heavy atom. The van der Waals surface area contributed by atoms with Crippen molar-refractivity contribution in [2.75, 3.05) is 13.2 Å². The van der Waals surface area contributed by atoms with Crippen LogP contribution in [0, 0.1) is 13.8 Å². The minimum absolute atomic E-state index is 0.312. The van der Waals surface area contributed by atoms with Crippen molar-refractivity contribution in [1.82, 2.24) is 0 Å². The van der Waals surface area contributed by atoms with Gasteiger partial charge in [-0.2, -0.15) is 0 Å². The molecule has 0 bridgehead atoms. The molecule has 0 N–H and O–H groups in total. The molecule has 3 aromatic carbocycles. The molecule has 0 fully saturated rings. The van der Waals surface area contributed by atoms with Gasteiger partial charge in [0.25, 0.3) is 0 Å². The fourth-order valence-electron chi connectivity index (χ4n) is 3.88. The van der Waals surface area contributed by atoms with E-state index in [9.17, 15) is 14.4 Å². The van der Waals surface area contributed by atoms with Gasteiger partial charge in [-0.3, -0.25) is 0 Å². The van der Waals surface area contributed by atoms with Crippen LogP contribution in [0.5, 0.6) is 17.2 Å². The van der Waals surface area contributed by atoms with E-state index >= 15 is 0 Å². The predicted molar refractivity (Wildman–Crippen MR) is 153 cm³/mol. The van der Waals surface area contributed by atoms with Crippen LogP contribution in [0.1, 0.15) is 70.0 Å². The maximum atomic E-state index is 12.8. The number of ether oxygens (including phenoxy) is 4. The van der Waals surface area contributed by atoms with Crippen LogP contribution in [0.3, 0.4) is 0 Å². The van der Waals surface area contributed by atoms with Gasteiger partial charge < -0.3 is 18.9 Å². The van der Waals surface area contributed by atoms with Crippen molar-refractivity contribution in [2.45, 2.75) is 52.9 Å². The van der Waals surface area contributed by atoms with Gasteiger partial charge in [-0.25, -0.2) is 14.4 Å². The van der Waals surface area contributed by atoms with Crippen LogP contribution in [0.25, 0.3) is 0 Å². The molecule has 0 heterocycles. The standard InChI is InChI=1S/C33H36O7/c1-5-7-10-25-11-15-28(16-12-25)39-32(35)26-14-18-30(24(4)22-26)40-33(36)27-13-17-29(23(3)21-27)37-19-8-9-20-38-31(34)6-2/h6,11-18,21-22H,2,5,7-10,19-20H2,1,3-4H3. The van der Waals surface area contributed by atoms with Crippen LogP contribution in [0.4, 0.5) is 0 Å². The number of aryl methyl sites for hydroxylation is 3. The number of hydrogen-bond acceptors (Lipinski definition) is 7. The van der Waals surface area contributed by atoms with Crippen LogP contribution in [-0.2, 0) is 16.0 Å². The topological polar surface area (TPSA) is 88.1 Å². The minimum atomic E-state index is -0.514. The van der Waals surface area contributed by atoms with Crippen LogP contribution in [-0.4, -0.2) is 31.1 Å². The number of carbonyl (C=O) groups is 3. The van der Waals surface area contributed by atoms with Crippen molar-refractivity contribution >= 4 is 17.9 Å². The van der Waals surface area contributed by atoms with E-state index in [0.29, 0.717) is 60.0 Å². The second kappa shape index (κ2) is 15.3. The fourth-order valence-corrected chi connectivity index (χ4v) is 3.88. The van der Waals surface area contributed by atoms with E-state index in [1.54, 1.807) is 55.5 Å². The van der Waals surface area contributed by atoms with E-state index in [1.807, 2.05) is 19.1 Å². The number of unbranched alkanes of at least 4 members (excludes halogenated alkanes) is 2. The lowest BCUT2D eigenvalue weighted by Crippen LogP contribution is -2.12. The summed E-state index contributed by atoms with van der Waals surface area (Å²) in [6.07, 6.45) is 5.76. The van der Waals surface area contributed by atoms with Crippen LogP contribution >= 0.6 is 0 Å². The van der Waals surface area contributed by atoms with Gasteiger partial charge in [0.05, 0.1) is 24.3 Å². The summed E-state index contributed by atoms with van der Waals surface area (Å²) >= 11 is 0. The Morgan fingerprint density at radius 2 is 1.35 bits per heavy atom. The average molecular weight is 545 g/mol. The molecule has 0 saturated heterocycles. The molecular weight excluding hydrogens is 508 g/mol. The molecule has 0 spiro atoms. The molecule has 210 valence electrons. The van der Waals surface area contributed by atoms with E-state index in [0.717, 1.165) is 30.9 Å². The van der Waals surface area contributed by atoms with Crippen molar-refractivity contribution in [3.8, 4) is 17.2 Å². The summed E-state index contributed by atoms with van der Waals surface area (Å²) in [5.74, 6) is 0.0695. The molecule has 3 rings (SSSR count). The molecule has 0 aliphatic heterocycles. The fraction of sp³-hybridized carbons (Fsp3) is 0.303. The first-order valence-electron chi connectivity index (χ1n) is 13.5. The Kier molecular flexibility index (Phi) is 11.5. The molecule has 0 radical (unpaired) electrons. The zero-order chi connectivity index (χ0) is 28.9. The summed E-state index contributed by atoms with van der Waals surface area (Å²) in [6.45, 7) is 9.89. The first-order valence-corrected chi connectivity index (χ1v) is 13.5. The Morgan fingerprint density at radius 1 is 0.750 bits per heavy atom. The third-order valence-corrected chi connectivity index (χ3v) is 6.18. The average Bonchev–Trinajstić information content (AvgIpc) is 2.95. The van der Waals surface area contributed by atoms with Gasteiger partial charge in [0.2, 0.25) is 0 Å². The predicted octanol–water partition coefficient (Wildman–Crippen LogP) is 6.97. The highest BCUT2D eigenvalue weighted by Gasteiger charge is 2.15. The van der Waals surface area contributed by atoms with Gasteiger partial charge in [-0.05, 0) is 105 Å². The van der Waals surface area contributed by atoms with E-state index < -0.39 is 17.9 Å². The highest BCUT2D eigenvalue weighted by molar-refractivity contribution is 5.93. The van der Waals surface area contributed by atoms with Gasteiger partial charge in [0, 0.05) is 6.08 Å². The number of benzene rings is 3. The normalized spacial score (nSPS) is 10.5. The van der Waals surface area contributed by atoms with E-state index in [4.69, 9.17) is 18.9 Å². The molecule has 0 aliphatic carbocycles. The monoisotopic (exact) mass is 544 g/mol.